The van der Waals surface area contributed by atoms with Crippen molar-refractivity contribution in [1.29, 1.82) is 0 Å². The fourth-order valence-corrected chi connectivity index (χ4v) is 4.98. The molecule has 2 unspecified atom stereocenters. The SMILES string of the molecule is COCc1ccc(NC(=O)C(C)NC(=O)CNC(=O)CCC(C)(C)OCCC(C)(C)NC(=O)CCN2C(=O)CC(C(C)C)C2=O)cc1. The maximum absolute atomic E-state index is 12.6. The molecule has 1 aromatic carbocycles. The predicted octanol–water partition coefficient (Wildman–Crippen LogP) is 2.67. The van der Waals surface area contributed by atoms with Crippen LogP contribution < -0.4 is 21.3 Å². The highest BCUT2D eigenvalue weighted by Crippen LogP contribution is 2.26. The maximum atomic E-state index is 12.6. The number of nitrogens with zero attached hydrogens (tertiary/aromatic N) is 1. The van der Waals surface area contributed by atoms with E-state index in [2.05, 4.69) is 21.3 Å². The summed E-state index contributed by atoms with van der Waals surface area (Å²) in [6.07, 6.45) is 1.24. The fourth-order valence-electron chi connectivity index (χ4n) is 4.98. The molecule has 1 aliphatic heterocycles. The quantitative estimate of drug-likeness (QED) is 0.164. The molecule has 0 bridgehead atoms. The lowest BCUT2D eigenvalue weighted by Crippen LogP contribution is -2.46. The van der Waals surface area contributed by atoms with Gasteiger partial charge in [0.2, 0.25) is 35.4 Å². The molecule has 2 rings (SSSR count). The fraction of sp³-hybridized carbons (Fsp3) is 0.647. The lowest BCUT2D eigenvalue weighted by molar-refractivity contribution is -0.140. The molecule has 1 fully saturated rings. The Hall–Kier alpha value is -3.84. The molecular formula is C34H53N5O8. The highest BCUT2D eigenvalue weighted by Gasteiger charge is 2.40. The average Bonchev–Trinajstić information content (AvgIpc) is 3.27. The highest BCUT2D eigenvalue weighted by atomic mass is 16.5. The number of hydrogen-bond donors (Lipinski definition) is 4. The monoisotopic (exact) mass is 659 g/mol. The first kappa shape index (κ1) is 39.3. The van der Waals surface area contributed by atoms with E-state index in [1.807, 2.05) is 53.7 Å². The van der Waals surface area contributed by atoms with Gasteiger partial charge in [0.05, 0.1) is 18.8 Å². The van der Waals surface area contributed by atoms with Gasteiger partial charge in [-0.15, -0.1) is 0 Å². The molecule has 0 spiro atoms. The van der Waals surface area contributed by atoms with Gasteiger partial charge < -0.3 is 30.7 Å². The van der Waals surface area contributed by atoms with Gasteiger partial charge in [-0.1, -0.05) is 26.0 Å². The smallest absolute Gasteiger partial charge is 0.246 e. The number of benzene rings is 1. The summed E-state index contributed by atoms with van der Waals surface area (Å²) in [5.41, 5.74) is 0.317. The van der Waals surface area contributed by atoms with Gasteiger partial charge in [-0.3, -0.25) is 33.7 Å². The second-order valence-electron chi connectivity index (χ2n) is 13.7. The maximum Gasteiger partial charge on any atom is 0.246 e. The second-order valence-corrected chi connectivity index (χ2v) is 13.7. The predicted molar refractivity (Wildman–Crippen MR) is 177 cm³/mol. The Balaban J connectivity index is 1.65. The van der Waals surface area contributed by atoms with E-state index in [0.29, 0.717) is 31.7 Å². The van der Waals surface area contributed by atoms with Crippen LogP contribution in [0.4, 0.5) is 5.69 Å². The first-order chi connectivity index (χ1) is 21.9. The van der Waals surface area contributed by atoms with Crippen molar-refractivity contribution in [3.8, 4) is 0 Å². The topological polar surface area (TPSA) is 172 Å². The summed E-state index contributed by atoms with van der Waals surface area (Å²) < 4.78 is 11.1. The van der Waals surface area contributed by atoms with Crippen LogP contribution >= 0.6 is 0 Å². The van der Waals surface area contributed by atoms with E-state index < -0.39 is 23.1 Å². The minimum atomic E-state index is -0.810. The number of rotatable bonds is 19. The van der Waals surface area contributed by atoms with Crippen LogP contribution in [0.25, 0.3) is 0 Å². The van der Waals surface area contributed by atoms with Crippen molar-refractivity contribution in [3.63, 3.8) is 0 Å². The number of carbonyl (C=O) groups excluding carboxylic acids is 6. The van der Waals surface area contributed by atoms with E-state index >= 15 is 0 Å². The number of amides is 6. The van der Waals surface area contributed by atoms with Crippen molar-refractivity contribution in [1.82, 2.24) is 20.9 Å². The first-order valence-electron chi connectivity index (χ1n) is 16.2. The van der Waals surface area contributed by atoms with E-state index in [-0.39, 0.29) is 73.7 Å². The Kier molecular flexibility index (Phi) is 15.0. The van der Waals surface area contributed by atoms with E-state index in [0.717, 1.165) is 5.56 Å². The van der Waals surface area contributed by atoms with Gasteiger partial charge in [-0.2, -0.15) is 0 Å². The molecule has 47 heavy (non-hydrogen) atoms. The molecule has 0 radical (unpaired) electrons. The van der Waals surface area contributed by atoms with Crippen LogP contribution in [0, 0.1) is 11.8 Å². The molecule has 6 amide bonds. The van der Waals surface area contributed by atoms with Crippen LogP contribution in [0.1, 0.15) is 86.1 Å². The van der Waals surface area contributed by atoms with Gasteiger partial charge >= 0.3 is 0 Å². The summed E-state index contributed by atoms with van der Waals surface area (Å²) in [5, 5.41) is 10.8. The molecule has 0 aliphatic carbocycles. The molecule has 0 aromatic heterocycles. The summed E-state index contributed by atoms with van der Waals surface area (Å²) >= 11 is 0. The second kappa shape index (κ2) is 17.9. The molecule has 1 heterocycles. The van der Waals surface area contributed by atoms with E-state index in [1.54, 1.807) is 26.2 Å². The van der Waals surface area contributed by atoms with Crippen LogP contribution in [0.3, 0.4) is 0 Å². The number of hydrogen-bond acceptors (Lipinski definition) is 8. The normalized spacial score (nSPS) is 15.9. The molecule has 1 aliphatic rings. The Bertz CT molecular complexity index is 1260. The van der Waals surface area contributed by atoms with Crippen LogP contribution in [-0.2, 0) is 44.8 Å². The number of likely N-dealkylation sites (tertiary alicyclic amines) is 1. The molecular weight excluding hydrogens is 606 g/mol. The van der Waals surface area contributed by atoms with Crippen LogP contribution in [0.2, 0.25) is 0 Å². The summed E-state index contributed by atoms with van der Waals surface area (Å²) in [5.74, 6) is -2.15. The van der Waals surface area contributed by atoms with Crippen molar-refractivity contribution >= 4 is 41.1 Å². The molecule has 1 aromatic rings. The van der Waals surface area contributed by atoms with Crippen LogP contribution in [0.5, 0.6) is 0 Å². The van der Waals surface area contributed by atoms with Crippen molar-refractivity contribution in [2.45, 2.75) is 104 Å². The van der Waals surface area contributed by atoms with Gasteiger partial charge in [0.15, 0.2) is 0 Å². The van der Waals surface area contributed by atoms with Crippen molar-refractivity contribution < 1.29 is 38.2 Å². The lowest BCUT2D eigenvalue weighted by Gasteiger charge is -2.30. The molecule has 13 heteroatoms. The third kappa shape index (κ3) is 13.8. The van der Waals surface area contributed by atoms with Crippen molar-refractivity contribution in [2.24, 2.45) is 11.8 Å². The minimum absolute atomic E-state index is 0.0292. The minimum Gasteiger partial charge on any atom is -0.380 e. The average molecular weight is 660 g/mol. The van der Waals surface area contributed by atoms with Gasteiger partial charge in [0, 0.05) is 56.7 Å². The zero-order valence-corrected chi connectivity index (χ0v) is 29.1. The zero-order chi connectivity index (χ0) is 35.4. The molecule has 13 nitrogen and oxygen atoms in total. The Morgan fingerprint density at radius 3 is 2.19 bits per heavy atom. The number of carbonyl (C=O) groups is 6. The molecule has 4 N–H and O–H groups in total. The molecule has 1 saturated heterocycles. The van der Waals surface area contributed by atoms with E-state index in [1.165, 1.54) is 4.90 Å². The van der Waals surface area contributed by atoms with Crippen molar-refractivity contribution in [3.05, 3.63) is 29.8 Å². The summed E-state index contributed by atoms with van der Waals surface area (Å²) in [6, 6.07) is 6.36. The molecule has 0 saturated carbocycles. The first-order valence-corrected chi connectivity index (χ1v) is 16.2. The van der Waals surface area contributed by atoms with Crippen molar-refractivity contribution in [2.75, 3.05) is 32.1 Å². The van der Waals surface area contributed by atoms with Gasteiger partial charge in [0.1, 0.15) is 6.04 Å². The summed E-state index contributed by atoms with van der Waals surface area (Å²) in [6.45, 7) is 13.4. The standard InChI is InChI=1S/C34H53N5O8/c1-22(2)26-19-30(43)39(32(26)45)17-14-28(41)38-33(4,5)16-18-47-34(6,7)15-13-27(40)35-20-29(42)36-23(3)31(44)37-25-11-9-24(10-12-25)21-46-8/h9-12,22-23,26H,13-21H2,1-8H3,(H,35,40)(H,36,42)(H,37,44)(H,38,41). The van der Waals surface area contributed by atoms with Crippen LogP contribution in [-0.4, -0.2) is 84.3 Å². The Labute approximate surface area is 278 Å². The summed E-state index contributed by atoms with van der Waals surface area (Å²) in [7, 11) is 1.60. The number of ether oxygens (including phenoxy) is 2. The number of methoxy groups -OCH3 is 1. The molecule has 262 valence electrons. The number of imide groups is 1. The van der Waals surface area contributed by atoms with E-state index in [4.69, 9.17) is 9.47 Å². The molecule has 2 atom stereocenters. The largest absolute Gasteiger partial charge is 0.380 e. The third-order valence-electron chi connectivity index (χ3n) is 8.05. The number of nitrogens with one attached hydrogen (secondary N) is 4. The van der Waals surface area contributed by atoms with Crippen LogP contribution in [0.15, 0.2) is 24.3 Å². The zero-order valence-electron chi connectivity index (χ0n) is 29.1. The summed E-state index contributed by atoms with van der Waals surface area (Å²) in [4.78, 5) is 75.6. The lowest BCUT2D eigenvalue weighted by atomic mass is 9.94. The van der Waals surface area contributed by atoms with Gasteiger partial charge in [0.25, 0.3) is 0 Å². The van der Waals surface area contributed by atoms with Gasteiger partial charge in [-0.25, -0.2) is 0 Å². The Morgan fingerprint density at radius 1 is 0.936 bits per heavy atom. The Morgan fingerprint density at radius 2 is 1.60 bits per heavy atom. The highest BCUT2D eigenvalue weighted by molar-refractivity contribution is 6.04. The van der Waals surface area contributed by atoms with Gasteiger partial charge in [-0.05, 0) is 71.1 Å². The number of anilines is 1. The third-order valence-corrected chi connectivity index (χ3v) is 8.05. The van der Waals surface area contributed by atoms with E-state index in [9.17, 15) is 28.8 Å².